The lowest BCUT2D eigenvalue weighted by Gasteiger charge is -2.21. The lowest BCUT2D eigenvalue weighted by molar-refractivity contribution is 0.154. The highest BCUT2D eigenvalue weighted by Crippen LogP contribution is 2.05. The maximum atomic E-state index is 8.87. The summed E-state index contributed by atoms with van der Waals surface area (Å²) in [6, 6.07) is 2.13. The molecule has 0 aromatic carbocycles. The van der Waals surface area contributed by atoms with E-state index in [1.54, 1.807) is 12.5 Å². The molecule has 1 aromatic rings. The molecular formula is C9H15NO2. The Hall–Kier alpha value is -0.800. The molecule has 68 valence electrons. The molecule has 0 radical (unpaired) electrons. The van der Waals surface area contributed by atoms with Gasteiger partial charge in [0.2, 0.25) is 0 Å². The predicted molar refractivity (Wildman–Crippen MR) is 46.7 cm³/mol. The van der Waals surface area contributed by atoms with Crippen LogP contribution >= 0.6 is 0 Å². The van der Waals surface area contributed by atoms with E-state index in [1.165, 1.54) is 0 Å². The van der Waals surface area contributed by atoms with E-state index < -0.39 is 0 Å². The Morgan fingerprint density at radius 1 is 1.67 bits per heavy atom. The number of hydrogen-bond donors (Lipinski definition) is 1. The normalized spacial score (nSPS) is 13.7. The first-order valence-electron chi connectivity index (χ1n) is 4.06. The fourth-order valence-electron chi connectivity index (χ4n) is 0.966. The second-order valence-electron chi connectivity index (χ2n) is 3.08. The lowest BCUT2D eigenvalue weighted by Crippen LogP contribution is -2.31. The fourth-order valence-corrected chi connectivity index (χ4v) is 0.966. The van der Waals surface area contributed by atoms with Gasteiger partial charge >= 0.3 is 0 Å². The van der Waals surface area contributed by atoms with Crippen LogP contribution in [-0.2, 0) is 6.54 Å². The summed E-state index contributed by atoms with van der Waals surface area (Å²) in [7, 11) is 1.98. The molecule has 0 spiro atoms. The maximum Gasteiger partial charge on any atom is 0.0947 e. The number of likely N-dealkylation sites (N-methyl/N-ethyl adjacent to an activating group) is 1. The van der Waals surface area contributed by atoms with Gasteiger partial charge in [0, 0.05) is 18.2 Å². The van der Waals surface area contributed by atoms with Gasteiger partial charge in [-0.15, -0.1) is 0 Å². The van der Waals surface area contributed by atoms with Crippen molar-refractivity contribution in [2.24, 2.45) is 0 Å². The predicted octanol–water partition coefficient (Wildman–Crippen LogP) is 1.09. The molecule has 0 bridgehead atoms. The molecule has 0 aliphatic rings. The molecule has 0 fully saturated rings. The Labute approximate surface area is 72.6 Å². The van der Waals surface area contributed by atoms with Crippen LogP contribution in [0.5, 0.6) is 0 Å². The molecule has 1 aromatic heterocycles. The van der Waals surface area contributed by atoms with Crippen LogP contribution in [0.3, 0.4) is 0 Å². The van der Waals surface area contributed by atoms with Crippen molar-refractivity contribution in [2.45, 2.75) is 19.5 Å². The largest absolute Gasteiger partial charge is 0.472 e. The Bertz CT molecular complexity index is 208. The third-order valence-corrected chi connectivity index (χ3v) is 2.03. The molecule has 0 aliphatic heterocycles. The average molecular weight is 169 g/mol. The van der Waals surface area contributed by atoms with E-state index in [4.69, 9.17) is 9.52 Å². The Morgan fingerprint density at radius 3 is 2.92 bits per heavy atom. The van der Waals surface area contributed by atoms with E-state index >= 15 is 0 Å². The van der Waals surface area contributed by atoms with Gasteiger partial charge in [0.25, 0.3) is 0 Å². The van der Waals surface area contributed by atoms with Crippen LogP contribution in [0, 0.1) is 0 Å². The van der Waals surface area contributed by atoms with Crippen molar-refractivity contribution in [3.8, 4) is 0 Å². The molecule has 0 amide bonds. The van der Waals surface area contributed by atoms with Gasteiger partial charge in [0.05, 0.1) is 19.1 Å². The standard InChI is InChI=1S/C9H15NO2/c1-8(6-11)10(2)5-9-3-4-12-7-9/h3-4,7-8,11H,5-6H2,1-2H3. The van der Waals surface area contributed by atoms with Gasteiger partial charge in [-0.05, 0) is 20.0 Å². The summed E-state index contributed by atoms with van der Waals surface area (Å²) in [6.07, 6.45) is 3.38. The number of nitrogens with zero attached hydrogens (tertiary/aromatic N) is 1. The van der Waals surface area contributed by atoms with Gasteiger partial charge in [0.1, 0.15) is 0 Å². The number of aliphatic hydroxyl groups excluding tert-OH is 1. The van der Waals surface area contributed by atoms with E-state index in [1.807, 2.05) is 20.0 Å². The summed E-state index contributed by atoms with van der Waals surface area (Å²) in [5.41, 5.74) is 1.14. The minimum Gasteiger partial charge on any atom is -0.472 e. The fraction of sp³-hybridized carbons (Fsp3) is 0.556. The molecule has 3 nitrogen and oxygen atoms in total. The molecule has 0 saturated carbocycles. The van der Waals surface area contributed by atoms with Gasteiger partial charge in [-0.1, -0.05) is 0 Å². The SMILES string of the molecule is CC(CO)N(C)Cc1ccoc1. The topological polar surface area (TPSA) is 36.6 Å². The van der Waals surface area contributed by atoms with Crippen LogP contribution in [0.15, 0.2) is 23.0 Å². The monoisotopic (exact) mass is 169 g/mol. The van der Waals surface area contributed by atoms with E-state index in [0.717, 1.165) is 12.1 Å². The number of rotatable bonds is 4. The molecule has 3 heteroatoms. The van der Waals surface area contributed by atoms with Crippen LogP contribution in [-0.4, -0.2) is 29.7 Å². The zero-order valence-electron chi connectivity index (χ0n) is 7.53. The van der Waals surface area contributed by atoms with E-state index in [9.17, 15) is 0 Å². The average Bonchev–Trinajstić information content (AvgIpc) is 2.55. The van der Waals surface area contributed by atoms with Crippen LogP contribution in [0.25, 0.3) is 0 Å². The van der Waals surface area contributed by atoms with Gasteiger partial charge < -0.3 is 9.52 Å². The smallest absolute Gasteiger partial charge is 0.0947 e. The van der Waals surface area contributed by atoms with Crippen LogP contribution in [0.1, 0.15) is 12.5 Å². The molecule has 1 N–H and O–H groups in total. The van der Waals surface area contributed by atoms with Crippen molar-refractivity contribution in [1.29, 1.82) is 0 Å². The van der Waals surface area contributed by atoms with Crippen molar-refractivity contribution in [3.05, 3.63) is 24.2 Å². The number of aliphatic hydroxyl groups is 1. The van der Waals surface area contributed by atoms with Crippen LogP contribution in [0.4, 0.5) is 0 Å². The van der Waals surface area contributed by atoms with E-state index in [2.05, 4.69) is 4.90 Å². The Kier molecular flexibility index (Phi) is 3.31. The summed E-state index contributed by atoms with van der Waals surface area (Å²) in [5.74, 6) is 0. The van der Waals surface area contributed by atoms with Crippen molar-refractivity contribution < 1.29 is 9.52 Å². The second kappa shape index (κ2) is 4.28. The van der Waals surface area contributed by atoms with E-state index in [-0.39, 0.29) is 12.6 Å². The highest BCUT2D eigenvalue weighted by molar-refractivity contribution is 5.04. The van der Waals surface area contributed by atoms with Crippen molar-refractivity contribution in [3.63, 3.8) is 0 Å². The molecule has 0 aliphatic carbocycles. The molecule has 12 heavy (non-hydrogen) atoms. The summed E-state index contributed by atoms with van der Waals surface area (Å²) in [4.78, 5) is 2.07. The lowest BCUT2D eigenvalue weighted by atomic mass is 10.2. The first-order chi connectivity index (χ1) is 5.74. The molecule has 1 heterocycles. The van der Waals surface area contributed by atoms with Crippen molar-refractivity contribution >= 4 is 0 Å². The summed E-state index contributed by atoms with van der Waals surface area (Å²) < 4.78 is 4.94. The molecule has 1 atom stereocenters. The minimum absolute atomic E-state index is 0.189. The van der Waals surface area contributed by atoms with Crippen molar-refractivity contribution in [2.75, 3.05) is 13.7 Å². The first-order valence-corrected chi connectivity index (χ1v) is 4.06. The van der Waals surface area contributed by atoms with Gasteiger partial charge in [-0.3, -0.25) is 4.90 Å². The van der Waals surface area contributed by atoms with Crippen LogP contribution in [0.2, 0.25) is 0 Å². The third kappa shape index (κ3) is 2.36. The van der Waals surface area contributed by atoms with Gasteiger partial charge in [0.15, 0.2) is 0 Å². The van der Waals surface area contributed by atoms with Crippen LogP contribution < -0.4 is 0 Å². The zero-order chi connectivity index (χ0) is 8.97. The third-order valence-electron chi connectivity index (χ3n) is 2.03. The molecule has 0 saturated heterocycles. The highest BCUT2D eigenvalue weighted by atomic mass is 16.3. The van der Waals surface area contributed by atoms with Gasteiger partial charge in [-0.25, -0.2) is 0 Å². The zero-order valence-corrected chi connectivity index (χ0v) is 7.53. The van der Waals surface area contributed by atoms with Gasteiger partial charge in [-0.2, -0.15) is 0 Å². The first kappa shape index (κ1) is 9.29. The Balaban J connectivity index is 2.41. The maximum absolute atomic E-state index is 8.87. The molecule has 1 rings (SSSR count). The Morgan fingerprint density at radius 2 is 2.42 bits per heavy atom. The summed E-state index contributed by atoms with van der Waals surface area (Å²) in [6.45, 7) is 2.99. The molecular weight excluding hydrogens is 154 g/mol. The number of furan rings is 1. The minimum atomic E-state index is 0.189. The van der Waals surface area contributed by atoms with E-state index in [0.29, 0.717) is 0 Å². The molecule has 1 unspecified atom stereocenters. The number of hydrogen-bond acceptors (Lipinski definition) is 3. The van der Waals surface area contributed by atoms with Crippen molar-refractivity contribution in [1.82, 2.24) is 4.90 Å². The summed E-state index contributed by atoms with van der Waals surface area (Å²) >= 11 is 0. The second-order valence-corrected chi connectivity index (χ2v) is 3.08. The summed E-state index contributed by atoms with van der Waals surface area (Å²) in [5, 5.41) is 8.87. The quantitative estimate of drug-likeness (QED) is 0.733. The highest BCUT2D eigenvalue weighted by Gasteiger charge is 2.07.